The van der Waals surface area contributed by atoms with E-state index >= 15 is 0 Å². The Morgan fingerprint density at radius 2 is 1.95 bits per heavy atom. The van der Waals surface area contributed by atoms with Gasteiger partial charge >= 0.3 is 12.1 Å². The van der Waals surface area contributed by atoms with Gasteiger partial charge in [0.2, 0.25) is 0 Å². The number of likely N-dealkylation sites (tertiary alicyclic amines) is 1. The average molecular weight is 271 g/mol. The number of piperidine rings is 1. The Morgan fingerprint density at radius 1 is 1.32 bits per heavy atom. The van der Waals surface area contributed by atoms with E-state index in [0.29, 0.717) is 25.4 Å². The summed E-state index contributed by atoms with van der Waals surface area (Å²) in [5.74, 6) is 0.342. The highest BCUT2D eigenvalue weighted by Gasteiger charge is 2.32. The summed E-state index contributed by atoms with van der Waals surface area (Å²) in [5, 5.41) is 0. The van der Waals surface area contributed by atoms with E-state index in [-0.39, 0.29) is 18.0 Å². The summed E-state index contributed by atoms with van der Waals surface area (Å²) >= 11 is 0. The maximum atomic E-state index is 12.0. The van der Waals surface area contributed by atoms with Crippen LogP contribution in [0, 0.1) is 11.8 Å². The summed E-state index contributed by atoms with van der Waals surface area (Å²) in [5.41, 5.74) is -0.488. The molecule has 1 aliphatic heterocycles. The first-order valence-electron chi connectivity index (χ1n) is 6.77. The lowest BCUT2D eigenvalue weighted by Crippen LogP contribution is -2.45. The van der Waals surface area contributed by atoms with Crippen molar-refractivity contribution < 1.29 is 19.1 Å². The molecule has 0 aromatic rings. The molecule has 0 unspecified atom stereocenters. The van der Waals surface area contributed by atoms with Crippen LogP contribution >= 0.6 is 0 Å². The van der Waals surface area contributed by atoms with Crippen LogP contribution in [0.5, 0.6) is 0 Å². The number of methoxy groups -OCH3 is 1. The molecule has 1 aliphatic rings. The Kier molecular flexibility index (Phi) is 5.20. The molecular formula is C14H25NO4. The average Bonchev–Trinajstić information content (AvgIpc) is 2.29. The van der Waals surface area contributed by atoms with Gasteiger partial charge < -0.3 is 14.4 Å². The zero-order chi connectivity index (χ0) is 14.6. The summed E-state index contributed by atoms with van der Waals surface area (Å²) in [6.45, 7) is 8.91. The number of rotatable bonds is 2. The number of ether oxygens (including phenoxy) is 2. The molecule has 19 heavy (non-hydrogen) atoms. The van der Waals surface area contributed by atoms with Gasteiger partial charge in [-0.05, 0) is 39.0 Å². The number of carbonyl (C=O) groups is 2. The third-order valence-electron chi connectivity index (χ3n) is 3.42. The lowest BCUT2D eigenvalue weighted by molar-refractivity contribution is -0.142. The van der Waals surface area contributed by atoms with E-state index in [1.54, 1.807) is 4.90 Å². The van der Waals surface area contributed by atoms with Gasteiger partial charge in [-0.1, -0.05) is 6.92 Å². The quantitative estimate of drug-likeness (QED) is 0.724. The Labute approximate surface area is 115 Å². The molecule has 5 nitrogen and oxygen atoms in total. The van der Waals surface area contributed by atoms with E-state index in [4.69, 9.17) is 9.47 Å². The normalized spacial score (nSPS) is 23.9. The van der Waals surface area contributed by atoms with E-state index in [2.05, 4.69) is 6.92 Å². The molecule has 0 bridgehead atoms. The molecule has 1 saturated heterocycles. The number of hydrogen-bond donors (Lipinski definition) is 0. The van der Waals surface area contributed by atoms with Gasteiger partial charge in [-0.2, -0.15) is 0 Å². The molecular weight excluding hydrogens is 246 g/mol. The highest BCUT2D eigenvalue weighted by molar-refractivity contribution is 5.70. The maximum absolute atomic E-state index is 12.0. The Balaban J connectivity index is 2.58. The number of nitrogens with zero attached hydrogens (tertiary/aromatic N) is 1. The standard InChI is InChI=1S/C14H25NO4/c1-10-6-7-15(13(17)19-14(2,3)4)9-11(10)8-12(16)18-5/h10-11H,6-9H2,1-5H3/t10-,11+/m1/s1. The van der Waals surface area contributed by atoms with Gasteiger partial charge in [-0.25, -0.2) is 4.79 Å². The van der Waals surface area contributed by atoms with Crippen molar-refractivity contribution in [2.75, 3.05) is 20.2 Å². The molecule has 0 saturated carbocycles. The van der Waals surface area contributed by atoms with Crippen molar-refractivity contribution in [2.24, 2.45) is 11.8 Å². The second kappa shape index (κ2) is 6.26. The monoisotopic (exact) mass is 271 g/mol. The third-order valence-corrected chi connectivity index (χ3v) is 3.42. The van der Waals surface area contributed by atoms with Crippen LogP contribution in [-0.2, 0) is 14.3 Å². The first-order valence-corrected chi connectivity index (χ1v) is 6.77. The van der Waals surface area contributed by atoms with Gasteiger partial charge in [0.25, 0.3) is 0 Å². The fourth-order valence-electron chi connectivity index (χ4n) is 2.20. The zero-order valence-electron chi connectivity index (χ0n) is 12.6. The van der Waals surface area contributed by atoms with Gasteiger partial charge in [0.05, 0.1) is 13.5 Å². The molecule has 2 atom stereocenters. The first-order chi connectivity index (χ1) is 8.73. The molecule has 110 valence electrons. The fourth-order valence-corrected chi connectivity index (χ4v) is 2.20. The topological polar surface area (TPSA) is 55.8 Å². The van der Waals surface area contributed by atoms with Crippen molar-refractivity contribution in [2.45, 2.75) is 46.1 Å². The highest BCUT2D eigenvalue weighted by atomic mass is 16.6. The Bertz CT molecular complexity index is 335. The number of esters is 1. The SMILES string of the molecule is COC(=O)C[C@H]1CN(C(=O)OC(C)(C)C)CC[C@H]1C. The smallest absolute Gasteiger partial charge is 0.410 e. The first kappa shape index (κ1) is 15.8. The predicted octanol–water partition coefficient (Wildman–Crippen LogP) is 2.44. The van der Waals surface area contributed by atoms with Crippen molar-refractivity contribution in [3.05, 3.63) is 0 Å². The molecule has 0 aliphatic carbocycles. The third kappa shape index (κ3) is 5.09. The van der Waals surface area contributed by atoms with Crippen molar-refractivity contribution in [1.82, 2.24) is 4.90 Å². The van der Waals surface area contributed by atoms with E-state index in [9.17, 15) is 9.59 Å². The van der Waals surface area contributed by atoms with Crippen molar-refractivity contribution in [3.8, 4) is 0 Å². The molecule has 0 spiro atoms. The van der Waals surface area contributed by atoms with E-state index in [0.717, 1.165) is 6.42 Å². The van der Waals surface area contributed by atoms with Crippen LogP contribution < -0.4 is 0 Å². The van der Waals surface area contributed by atoms with Gasteiger partial charge in [0.1, 0.15) is 5.60 Å². The van der Waals surface area contributed by atoms with Gasteiger partial charge in [0.15, 0.2) is 0 Å². The van der Waals surface area contributed by atoms with Crippen LogP contribution in [0.15, 0.2) is 0 Å². The summed E-state index contributed by atoms with van der Waals surface area (Å²) in [4.78, 5) is 25.1. The molecule has 0 aromatic heterocycles. The Hall–Kier alpha value is -1.26. The minimum absolute atomic E-state index is 0.147. The summed E-state index contributed by atoms with van der Waals surface area (Å²) in [6.07, 6.45) is 0.951. The minimum atomic E-state index is -0.488. The maximum Gasteiger partial charge on any atom is 0.410 e. The lowest BCUT2D eigenvalue weighted by Gasteiger charge is -2.37. The van der Waals surface area contributed by atoms with Gasteiger partial charge in [0, 0.05) is 13.1 Å². The van der Waals surface area contributed by atoms with Crippen LogP contribution in [-0.4, -0.2) is 42.8 Å². The van der Waals surface area contributed by atoms with Gasteiger partial charge in [-0.3, -0.25) is 4.79 Å². The predicted molar refractivity (Wildman–Crippen MR) is 71.7 cm³/mol. The number of carbonyl (C=O) groups excluding carboxylic acids is 2. The van der Waals surface area contributed by atoms with Crippen LogP contribution in [0.4, 0.5) is 4.79 Å². The molecule has 1 amide bonds. The molecule has 5 heteroatoms. The van der Waals surface area contributed by atoms with Gasteiger partial charge in [-0.15, -0.1) is 0 Å². The second-order valence-electron chi connectivity index (χ2n) is 6.23. The number of hydrogen-bond acceptors (Lipinski definition) is 4. The molecule has 1 rings (SSSR count). The zero-order valence-corrected chi connectivity index (χ0v) is 12.6. The molecule has 0 aromatic carbocycles. The number of amides is 1. The van der Waals surface area contributed by atoms with Crippen molar-refractivity contribution >= 4 is 12.1 Å². The molecule has 0 N–H and O–H groups in total. The largest absolute Gasteiger partial charge is 0.469 e. The fraction of sp³-hybridized carbons (Fsp3) is 0.857. The molecule has 1 fully saturated rings. The Morgan fingerprint density at radius 3 is 2.47 bits per heavy atom. The van der Waals surface area contributed by atoms with Crippen LogP contribution in [0.1, 0.15) is 40.5 Å². The highest BCUT2D eigenvalue weighted by Crippen LogP contribution is 2.27. The van der Waals surface area contributed by atoms with Crippen molar-refractivity contribution in [1.29, 1.82) is 0 Å². The molecule has 1 heterocycles. The van der Waals surface area contributed by atoms with Crippen LogP contribution in [0.3, 0.4) is 0 Å². The minimum Gasteiger partial charge on any atom is -0.469 e. The summed E-state index contributed by atoms with van der Waals surface area (Å²) < 4.78 is 10.1. The van der Waals surface area contributed by atoms with Crippen molar-refractivity contribution in [3.63, 3.8) is 0 Å². The summed E-state index contributed by atoms with van der Waals surface area (Å²) in [6, 6.07) is 0. The van der Waals surface area contributed by atoms with Crippen LogP contribution in [0.25, 0.3) is 0 Å². The lowest BCUT2D eigenvalue weighted by atomic mass is 9.85. The summed E-state index contributed by atoms with van der Waals surface area (Å²) in [7, 11) is 1.39. The van der Waals surface area contributed by atoms with E-state index < -0.39 is 5.60 Å². The van der Waals surface area contributed by atoms with Crippen LogP contribution in [0.2, 0.25) is 0 Å². The van der Waals surface area contributed by atoms with E-state index in [1.165, 1.54) is 7.11 Å². The molecule has 0 radical (unpaired) electrons. The second-order valence-corrected chi connectivity index (χ2v) is 6.23. The van der Waals surface area contributed by atoms with E-state index in [1.807, 2.05) is 20.8 Å².